The third kappa shape index (κ3) is 4.08. The zero-order valence-corrected chi connectivity index (χ0v) is 18.0. The molecular formula is C22H19N3O6S. The van der Waals surface area contributed by atoms with Crippen molar-refractivity contribution in [1.29, 1.82) is 0 Å². The van der Waals surface area contributed by atoms with Crippen LogP contribution < -0.4 is 14.8 Å². The number of methoxy groups -OCH3 is 2. The summed E-state index contributed by atoms with van der Waals surface area (Å²) in [5.41, 5.74) is 2.17. The van der Waals surface area contributed by atoms with Crippen LogP contribution in [-0.2, 0) is 11.2 Å². The molecule has 0 bridgehead atoms. The molecule has 0 radical (unpaired) electrons. The van der Waals surface area contributed by atoms with Gasteiger partial charge in [0.2, 0.25) is 5.91 Å². The Kier molecular flexibility index (Phi) is 5.69. The van der Waals surface area contributed by atoms with E-state index in [9.17, 15) is 14.7 Å². The monoisotopic (exact) mass is 453 g/mol. The average molecular weight is 453 g/mol. The number of carbonyl (C=O) groups is 2. The van der Waals surface area contributed by atoms with Gasteiger partial charge in [-0.15, -0.1) is 11.3 Å². The molecule has 0 aliphatic heterocycles. The molecule has 1 amide bonds. The Bertz CT molecular complexity index is 1330. The number of amides is 1. The number of carbonyl (C=O) groups excluding carboxylic acids is 1. The zero-order chi connectivity index (χ0) is 22.8. The number of imidazole rings is 1. The maximum absolute atomic E-state index is 12.6. The number of carboxylic acid groups (broad SMARTS) is 1. The number of aromatic hydroxyl groups is 1. The Balaban J connectivity index is 1.58. The minimum Gasteiger partial charge on any atom is -0.507 e. The van der Waals surface area contributed by atoms with E-state index in [1.807, 2.05) is 22.0 Å². The van der Waals surface area contributed by atoms with Crippen molar-refractivity contribution in [1.82, 2.24) is 9.38 Å². The molecule has 0 saturated heterocycles. The van der Waals surface area contributed by atoms with E-state index < -0.39 is 5.97 Å². The highest BCUT2D eigenvalue weighted by molar-refractivity contribution is 7.15. The van der Waals surface area contributed by atoms with Gasteiger partial charge in [0.1, 0.15) is 22.8 Å². The summed E-state index contributed by atoms with van der Waals surface area (Å²) in [6, 6.07) is 9.32. The van der Waals surface area contributed by atoms with Crippen molar-refractivity contribution in [2.75, 3.05) is 19.5 Å². The number of nitrogens with one attached hydrogen (secondary N) is 1. The van der Waals surface area contributed by atoms with Gasteiger partial charge in [0.15, 0.2) is 4.96 Å². The molecule has 0 aliphatic rings. The number of phenols is 1. The fourth-order valence-electron chi connectivity index (χ4n) is 3.26. The first-order chi connectivity index (χ1) is 15.4. The highest BCUT2D eigenvalue weighted by Crippen LogP contribution is 2.34. The summed E-state index contributed by atoms with van der Waals surface area (Å²) in [7, 11) is 3.17. The zero-order valence-electron chi connectivity index (χ0n) is 17.2. The van der Waals surface area contributed by atoms with Gasteiger partial charge in [0, 0.05) is 28.5 Å². The first kappa shape index (κ1) is 21.2. The fraction of sp³-hybridized carbons (Fsp3) is 0.136. The number of benzene rings is 2. The smallest absolute Gasteiger partial charge is 0.339 e. The lowest BCUT2D eigenvalue weighted by Crippen LogP contribution is -2.15. The number of nitrogens with zero attached hydrogens (tertiary/aromatic N) is 2. The van der Waals surface area contributed by atoms with Crippen molar-refractivity contribution in [2.45, 2.75) is 6.42 Å². The van der Waals surface area contributed by atoms with Crippen LogP contribution in [0, 0.1) is 0 Å². The van der Waals surface area contributed by atoms with E-state index in [4.69, 9.17) is 14.6 Å². The van der Waals surface area contributed by atoms with E-state index in [1.165, 1.54) is 29.5 Å². The molecule has 3 N–H and O–H groups in total. The topological polar surface area (TPSA) is 122 Å². The maximum Gasteiger partial charge on any atom is 0.339 e. The largest absolute Gasteiger partial charge is 0.507 e. The molecule has 10 heteroatoms. The molecule has 9 nitrogen and oxygen atoms in total. The van der Waals surface area contributed by atoms with Gasteiger partial charge in [-0.25, -0.2) is 9.78 Å². The van der Waals surface area contributed by atoms with Crippen molar-refractivity contribution in [3.63, 3.8) is 0 Å². The molecule has 0 saturated carbocycles. The molecule has 32 heavy (non-hydrogen) atoms. The molecule has 2 aromatic heterocycles. The summed E-state index contributed by atoms with van der Waals surface area (Å²) < 4.78 is 12.6. The molecule has 164 valence electrons. The van der Waals surface area contributed by atoms with Crippen molar-refractivity contribution in [3.05, 3.63) is 59.2 Å². The third-order valence-electron chi connectivity index (χ3n) is 4.82. The predicted octanol–water partition coefficient (Wildman–Crippen LogP) is 3.67. The molecular weight excluding hydrogens is 434 g/mol. The molecule has 4 aromatic rings. The van der Waals surface area contributed by atoms with Crippen LogP contribution in [0.2, 0.25) is 0 Å². The van der Waals surface area contributed by atoms with Crippen molar-refractivity contribution in [2.24, 2.45) is 0 Å². The van der Waals surface area contributed by atoms with Crippen LogP contribution in [0.4, 0.5) is 5.69 Å². The highest BCUT2D eigenvalue weighted by atomic mass is 32.1. The Labute approximate surface area is 186 Å². The predicted molar refractivity (Wildman–Crippen MR) is 119 cm³/mol. The van der Waals surface area contributed by atoms with E-state index >= 15 is 0 Å². The average Bonchev–Trinajstić information content (AvgIpc) is 3.36. The van der Waals surface area contributed by atoms with Gasteiger partial charge in [0.05, 0.1) is 26.3 Å². The molecule has 0 spiro atoms. The van der Waals surface area contributed by atoms with E-state index in [0.717, 1.165) is 11.3 Å². The van der Waals surface area contributed by atoms with E-state index in [0.29, 0.717) is 22.2 Å². The van der Waals surface area contributed by atoms with Crippen molar-refractivity contribution >= 4 is 33.9 Å². The molecule has 0 aliphatic carbocycles. The van der Waals surface area contributed by atoms with E-state index in [2.05, 4.69) is 10.3 Å². The lowest BCUT2D eigenvalue weighted by atomic mass is 10.1. The second-order valence-electron chi connectivity index (χ2n) is 6.83. The number of carboxylic acids is 1. The van der Waals surface area contributed by atoms with Gasteiger partial charge in [-0.1, -0.05) is 0 Å². The summed E-state index contributed by atoms with van der Waals surface area (Å²) in [6.45, 7) is 0. The molecule has 0 unspecified atom stereocenters. The molecule has 2 heterocycles. The first-order valence-corrected chi connectivity index (χ1v) is 10.3. The Morgan fingerprint density at radius 1 is 1.16 bits per heavy atom. The van der Waals surface area contributed by atoms with Gasteiger partial charge in [-0.05, 0) is 36.4 Å². The van der Waals surface area contributed by atoms with Crippen LogP contribution in [-0.4, -0.2) is 45.7 Å². The SMILES string of the molecule is COc1ccc(OC)c(-c2cn3c(CC(=O)Nc4ccc(O)c(C(=O)O)c4)csc3n2)c1. The van der Waals surface area contributed by atoms with Crippen LogP contribution in [0.5, 0.6) is 17.2 Å². The van der Waals surface area contributed by atoms with Gasteiger partial charge in [-0.3, -0.25) is 9.20 Å². The number of hydrogen-bond donors (Lipinski definition) is 3. The number of aromatic nitrogens is 2. The van der Waals surface area contributed by atoms with Crippen LogP contribution in [0.25, 0.3) is 16.2 Å². The summed E-state index contributed by atoms with van der Waals surface area (Å²) in [4.78, 5) is 29.1. The number of thiazole rings is 1. The highest BCUT2D eigenvalue weighted by Gasteiger charge is 2.17. The van der Waals surface area contributed by atoms with Crippen LogP contribution >= 0.6 is 11.3 Å². The Morgan fingerprint density at radius 3 is 2.69 bits per heavy atom. The summed E-state index contributed by atoms with van der Waals surface area (Å²) >= 11 is 1.40. The summed E-state index contributed by atoms with van der Waals surface area (Å²) in [5.74, 6) is -0.657. The van der Waals surface area contributed by atoms with E-state index in [1.54, 1.807) is 26.4 Å². The minimum absolute atomic E-state index is 0.0499. The van der Waals surface area contributed by atoms with Crippen molar-refractivity contribution < 1.29 is 29.3 Å². The second-order valence-corrected chi connectivity index (χ2v) is 7.67. The molecule has 0 fully saturated rings. The Hall–Kier alpha value is -4.05. The third-order valence-corrected chi connectivity index (χ3v) is 5.71. The van der Waals surface area contributed by atoms with E-state index in [-0.39, 0.29) is 29.3 Å². The normalized spacial score (nSPS) is 10.8. The number of ether oxygens (including phenoxy) is 2. The van der Waals surface area contributed by atoms with Gasteiger partial charge < -0.3 is 25.0 Å². The summed E-state index contributed by atoms with van der Waals surface area (Å²) in [5, 5.41) is 23.2. The molecule has 0 atom stereocenters. The maximum atomic E-state index is 12.6. The lowest BCUT2D eigenvalue weighted by molar-refractivity contribution is -0.115. The van der Waals surface area contributed by atoms with Crippen molar-refractivity contribution in [3.8, 4) is 28.5 Å². The van der Waals surface area contributed by atoms with Gasteiger partial charge in [0.25, 0.3) is 0 Å². The number of rotatable bonds is 7. The lowest BCUT2D eigenvalue weighted by Gasteiger charge is -2.08. The molecule has 2 aromatic carbocycles. The standard InChI is InChI=1S/C22H19N3O6S/c1-30-14-4-6-19(31-2)15(9-14)17-10-25-13(11-32-22(25)24-17)8-20(27)23-12-3-5-18(26)16(7-12)21(28)29/h3-7,9-11,26H,8H2,1-2H3,(H,23,27)(H,28,29). The minimum atomic E-state index is -1.28. The summed E-state index contributed by atoms with van der Waals surface area (Å²) in [6.07, 6.45) is 1.88. The van der Waals surface area contributed by atoms with Crippen LogP contribution in [0.15, 0.2) is 48.0 Å². The van der Waals surface area contributed by atoms with Crippen LogP contribution in [0.1, 0.15) is 16.1 Å². The second kappa shape index (κ2) is 8.60. The number of aromatic carboxylic acids is 1. The van der Waals surface area contributed by atoms with Gasteiger partial charge in [-0.2, -0.15) is 0 Å². The first-order valence-electron chi connectivity index (χ1n) is 9.43. The number of fused-ring (bicyclic) bond motifs is 1. The quantitative estimate of drug-likeness (QED) is 0.365. The fourth-order valence-corrected chi connectivity index (χ4v) is 4.13. The number of anilines is 1. The molecule has 4 rings (SSSR count). The Morgan fingerprint density at radius 2 is 1.97 bits per heavy atom. The van der Waals surface area contributed by atoms with Crippen LogP contribution in [0.3, 0.4) is 0 Å². The number of hydrogen-bond acceptors (Lipinski definition) is 7. The van der Waals surface area contributed by atoms with Gasteiger partial charge >= 0.3 is 5.97 Å².